The van der Waals surface area contributed by atoms with Gasteiger partial charge in [0, 0.05) is 0 Å². The number of nitrogens with one attached hydrogen (secondary N) is 1. The first-order valence-corrected chi connectivity index (χ1v) is 6.15. The monoisotopic (exact) mass is 324 g/mol. The number of phenols is 1. The third kappa shape index (κ3) is 3.04. The van der Waals surface area contributed by atoms with E-state index in [9.17, 15) is 20.0 Å². The number of carbonyl (C=O) groups excluding carboxylic acids is 1. The lowest BCUT2D eigenvalue weighted by molar-refractivity contribution is -0.384. The largest absolute Gasteiger partial charge is 0.506 e. The average molecular weight is 325 g/mol. The van der Waals surface area contributed by atoms with E-state index in [4.69, 9.17) is 11.6 Å². The number of rotatable bonds is 4. The third-order valence-electron chi connectivity index (χ3n) is 2.63. The van der Waals surface area contributed by atoms with Crippen molar-refractivity contribution in [3.05, 3.63) is 45.4 Å². The number of phenolic OH excluding ortho intramolecular Hbond substituents is 1. The Morgan fingerprint density at radius 3 is 2.77 bits per heavy atom. The molecule has 1 aromatic carbocycles. The number of aromatic hydroxyl groups is 1. The van der Waals surface area contributed by atoms with Crippen LogP contribution >= 0.6 is 11.6 Å². The summed E-state index contributed by atoms with van der Waals surface area (Å²) >= 11 is 5.66. The summed E-state index contributed by atoms with van der Waals surface area (Å²) in [6.45, 7) is 0. The third-order valence-corrected chi connectivity index (χ3v) is 2.91. The first-order chi connectivity index (χ1) is 10.4. The maximum Gasteiger partial charge on any atom is 0.348 e. The highest BCUT2D eigenvalue weighted by Gasteiger charge is 2.22. The van der Waals surface area contributed by atoms with E-state index >= 15 is 0 Å². The summed E-state index contributed by atoms with van der Waals surface area (Å²) < 4.78 is 4.52. The molecular weight excluding hydrogens is 316 g/mol. The Kier molecular flexibility index (Phi) is 4.37. The molecule has 0 aliphatic carbocycles. The molecule has 0 unspecified atom stereocenters. The van der Waals surface area contributed by atoms with Crippen molar-refractivity contribution in [2.75, 3.05) is 12.4 Å². The first-order valence-electron chi connectivity index (χ1n) is 5.77. The molecule has 0 bridgehead atoms. The van der Waals surface area contributed by atoms with Crippen LogP contribution in [0.1, 0.15) is 10.4 Å². The molecule has 0 fully saturated rings. The van der Waals surface area contributed by atoms with Crippen molar-refractivity contribution in [3.8, 4) is 5.75 Å². The zero-order chi connectivity index (χ0) is 16.3. The maximum absolute atomic E-state index is 11.3. The molecule has 0 aliphatic heterocycles. The van der Waals surface area contributed by atoms with Crippen LogP contribution in [0.3, 0.4) is 0 Å². The molecule has 1 heterocycles. The standard InChI is InChI=1S/C12H9ClN4O5/c1-22-12(19)6-2-3-7(8(18)4-6)16-11-9(17(20)21)10(13)14-5-15-11/h2-5,18H,1H3,(H,14,15,16). The first kappa shape index (κ1) is 15.4. The number of aromatic nitrogens is 2. The SMILES string of the molecule is COC(=O)c1ccc(Nc2ncnc(Cl)c2[N+](=O)[O-])c(O)c1. The van der Waals surface area contributed by atoms with E-state index in [1.807, 2.05) is 0 Å². The van der Waals surface area contributed by atoms with Crippen LogP contribution in [0.15, 0.2) is 24.5 Å². The number of anilines is 2. The van der Waals surface area contributed by atoms with Crippen molar-refractivity contribution in [2.45, 2.75) is 0 Å². The molecule has 1 aromatic heterocycles. The number of hydrogen-bond donors (Lipinski definition) is 2. The predicted octanol–water partition coefficient (Wildman–Crippen LogP) is 2.27. The molecule has 114 valence electrons. The lowest BCUT2D eigenvalue weighted by Crippen LogP contribution is -2.03. The van der Waals surface area contributed by atoms with Crippen LogP contribution in [0.5, 0.6) is 5.75 Å². The van der Waals surface area contributed by atoms with Crippen molar-refractivity contribution < 1.29 is 19.6 Å². The molecule has 2 aromatic rings. The fourth-order valence-corrected chi connectivity index (χ4v) is 1.82. The number of esters is 1. The van der Waals surface area contributed by atoms with Gasteiger partial charge in [0.2, 0.25) is 11.0 Å². The molecule has 10 heteroatoms. The second-order valence-electron chi connectivity index (χ2n) is 3.97. The molecule has 0 amide bonds. The fourth-order valence-electron chi connectivity index (χ4n) is 1.62. The highest BCUT2D eigenvalue weighted by Crippen LogP contribution is 2.33. The number of hydrogen-bond acceptors (Lipinski definition) is 8. The Morgan fingerprint density at radius 1 is 1.45 bits per heavy atom. The second kappa shape index (κ2) is 6.22. The van der Waals surface area contributed by atoms with Gasteiger partial charge < -0.3 is 15.2 Å². The number of benzene rings is 1. The van der Waals surface area contributed by atoms with Crippen LogP contribution in [0, 0.1) is 10.1 Å². The van der Waals surface area contributed by atoms with Gasteiger partial charge in [0.05, 0.1) is 23.3 Å². The van der Waals surface area contributed by atoms with Gasteiger partial charge in [0.15, 0.2) is 0 Å². The molecule has 0 spiro atoms. The van der Waals surface area contributed by atoms with E-state index in [2.05, 4.69) is 20.0 Å². The quantitative estimate of drug-likeness (QED) is 0.288. The lowest BCUT2D eigenvalue weighted by Gasteiger charge is -2.09. The summed E-state index contributed by atoms with van der Waals surface area (Å²) in [6, 6.07) is 3.88. The van der Waals surface area contributed by atoms with Crippen LogP contribution in [-0.2, 0) is 4.74 Å². The predicted molar refractivity (Wildman–Crippen MR) is 76.4 cm³/mol. The van der Waals surface area contributed by atoms with Gasteiger partial charge in [-0.3, -0.25) is 10.1 Å². The number of methoxy groups -OCH3 is 1. The topological polar surface area (TPSA) is 127 Å². The lowest BCUT2D eigenvalue weighted by atomic mass is 10.2. The van der Waals surface area contributed by atoms with Crippen molar-refractivity contribution in [1.82, 2.24) is 9.97 Å². The van der Waals surface area contributed by atoms with Gasteiger partial charge >= 0.3 is 11.7 Å². The highest BCUT2D eigenvalue weighted by atomic mass is 35.5. The molecule has 2 N–H and O–H groups in total. The van der Waals surface area contributed by atoms with E-state index in [1.165, 1.54) is 19.2 Å². The minimum Gasteiger partial charge on any atom is -0.506 e. The molecule has 0 saturated heterocycles. The number of nitro groups is 1. The van der Waals surface area contributed by atoms with Gasteiger partial charge in [-0.25, -0.2) is 14.8 Å². The molecule has 0 radical (unpaired) electrons. The van der Waals surface area contributed by atoms with Gasteiger partial charge in [-0.2, -0.15) is 0 Å². The average Bonchev–Trinajstić information content (AvgIpc) is 2.48. The van der Waals surface area contributed by atoms with Crippen LogP contribution < -0.4 is 5.32 Å². The number of ether oxygens (including phenoxy) is 1. The van der Waals surface area contributed by atoms with Gasteiger partial charge in [0.25, 0.3) is 0 Å². The number of halogens is 1. The van der Waals surface area contributed by atoms with Crippen molar-refractivity contribution in [2.24, 2.45) is 0 Å². The van der Waals surface area contributed by atoms with E-state index in [-0.39, 0.29) is 28.0 Å². The summed E-state index contributed by atoms with van der Waals surface area (Å²) in [6.07, 6.45) is 1.04. The summed E-state index contributed by atoms with van der Waals surface area (Å²) in [4.78, 5) is 28.8. The molecule has 22 heavy (non-hydrogen) atoms. The number of carbonyl (C=O) groups is 1. The Morgan fingerprint density at radius 2 is 2.18 bits per heavy atom. The summed E-state index contributed by atoms with van der Waals surface area (Å²) in [5.74, 6) is -1.13. The Hall–Kier alpha value is -2.94. The second-order valence-corrected chi connectivity index (χ2v) is 4.33. The molecule has 0 saturated carbocycles. The molecule has 2 rings (SSSR count). The van der Waals surface area contributed by atoms with Crippen molar-refractivity contribution >= 4 is 34.8 Å². The van der Waals surface area contributed by atoms with Gasteiger partial charge in [-0.05, 0) is 18.2 Å². The summed E-state index contributed by atoms with van der Waals surface area (Å²) in [5.41, 5.74) is -0.299. The maximum atomic E-state index is 11.3. The van der Waals surface area contributed by atoms with E-state index in [0.29, 0.717) is 0 Å². The minimum absolute atomic E-state index is 0.102. The van der Waals surface area contributed by atoms with Gasteiger partial charge in [-0.15, -0.1) is 0 Å². The minimum atomic E-state index is -0.746. The van der Waals surface area contributed by atoms with E-state index in [0.717, 1.165) is 12.4 Å². The molecule has 9 nitrogen and oxygen atoms in total. The summed E-state index contributed by atoms with van der Waals surface area (Å²) in [5, 5.41) is 23.1. The van der Waals surface area contributed by atoms with Crippen molar-refractivity contribution in [3.63, 3.8) is 0 Å². The zero-order valence-electron chi connectivity index (χ0n) is 11.1. The van der Waals surface area contributed by atoms with Crippen LogP contribution in [0.4, 0.5) is 17.2 Å². The van der Waals surface area contributed by atoms with Crippen LogP contribution in [-0.4, -0.2) is 33.1 Å². The molecule has 0 aliphatic rings. The molecule has 0 atom stereocenters. The van der Waals surface area contributed by atoms with Gasteiger partial charge in [-0.1, -0.05) is 11.6 Å². The van der Waals surface area contributed by atoms with Gasteiger partial charge in [0.1, 0.15) is 12.1 Å². The Bertz CT molecular complexity index is 752. The van der Waals surface area contributed by atoms with E-state index < -0.39 is 16.6 Å². The van der Waals surface area contributed by atoms with Crippen LogP contribution in [0.2, 0.25) is 5.15 Å². The van der Waals surface area contributed by atoms with Crippen molar-refractivity contribution in [1.29, 1.82) is 0 Å². The zero-order valence-corrected chi connectivity index (χ0v) is 11.9. The Labute approximate surface area is 128 Å². The van der Waals surface area contributed by atoms with E-state index in [1.54, 1.807) is 0 Å². The van der Waals surface area contributed by atoms with Crippen LogP contribution in [0.25, 0.3) is 0 Å². The Balaban J connectivity index is 2.38. The smallest absolute Gasteiger partial charge is 0.348 e. The highest BCUT2D eigenvalue weighted by molar-refractivity contribution is 6.31. The molecular formula is C12H9ClN4O5. The summed E-state index contributed by atoms with van der Waals surface area (Å²) in [7, 11) is 1.21. The fraction of sp³-hybridized carbons (Fsp3) is 0.0833. The normalized spacial score (nSPS) is 10.1. The number of nitrogens with zero attached hydrogens (tertiary/aromatic N) is 3.